The van der Waals surface area contributed by atoms with Crippen LogP contribution < -0.4 is 5.32 Å². The second-order valence-electron chi connectivity index (χ2n) is 5.10. The Hall–Kier alpha value is -2.35. The molecule has 3 rings (SSSR count). The molecule has 0 fully saturated rings. The van der Waals surface area contributed by atoms with Crippen LogP contribution in [0.1, 0.15) is 24.3 Å². The van der Waals surface area contributed by atoms with E-state index in [-0.39, 0.29) is 23.5 Å². The number of furan rings is 1. The molecule has 23 heavy (non-hydrogen) atoms. The Morgan fingerprint density at radius 1 is 1.52 bits per heavy atom. The zero-order valence-corrected chi connectivity index (χ0v) is 13.4. The van der Waals surface area contributed by atoms with E-state index in [0.29, 0.717) is 16.5 Å². The lowest BCUT2D eigenvalue weighted by Gasteiger charge is -2.12. The van der Waals surface area contributed by atoms with Gasteiger partial charge in [-0.25, -0.2) is 9.37 Å². The predicted molar refractivity (Wildman–Crippen MR) is 84.6 cm³/mol. The predicted octanol–water partition coefficient (Wildman–Crippen LogP) is 2.97. The van der Waals surface area contributed by atoms with Crippen molar-refractivity contribution in [2.75, 3.05) is 5.75 Å². The Morgan fingerprint density at radius 3 is 3.09 bits per heavy atom. The first-order valence-electron chi connectivity index (χ1n) is 7.00. The first-order chi connectivity index (χ1) is 11.0. The number of carbonyl (C=O) groups excluding carboxylic acids is 1. The third-order valence-corrected chi connectivity index (χ3v) is 4.32. The van der Waals surface area contributed by atoms with E-state index in [1.807, 2.05) is 13.8 Å². The van der Waals surface area contributed by atoms with Crippen molar-refractivity contribution in [1.82, 2.24) is 20.5 Å². The van der Waals surface area contributed by atoms with E-state index >= 15 is 0 Å². The maximum absolute atomic E-state index is 13.3. The molecule has 0 aliphatic heterocycles. The molecule has 0 unspecified atom stereocenters. The van der Waals surface area contributed by atoms with Crippen LogP contribution in [0.15, 0.2) is 34.1 Å². The molecule has 1 atom stereocenters. The average molecular weight is 334 g/mol. The summed E-state index contributed by atoms with van der Waals surface area (Å²) in [5.41, 5.74) is 1.44. The highest BCUT2D eigenvalue weighted by molar-refractivity contribution is 7.99. The number of nitrogens with one attached hydrogen (secondary N) is 2. The molecular weight excluding hydrogens is 319 g/mol. The quantitative estimate of drug-likeness (QED) is 0.701. The van der Waals surface area contributed by atoms with E-state index in [9.17, 15) is 9.18 Å². The summed E-state index contributed by atoms with van der Waals surface area (Å²) in [6.45, 7) is 3.69. The smallest absolute Gasteiger partial charge is 0.231 e. The fourth-order valence-corrected chi connectivity index (χ4v) is 2.96. The van der Waals surface area contributed by atoms with Crippen LogP contribution in [0.3, 0.4) is 0 Å². The Balaban J connectivity index is 1.69. The number of rotatable bonds is 5. The van der Waals surface area contributed by atoms with Gasteiger partial charge in [0.25, 0.3) is 0 Å². The lowest BCUT2D eigenvalue weighted by atomic mass is 10.1. The van der Waals surface area contributed by atoms with E-state index in [2.05, 4.69) is 20.5 Å². The van der Waals surface area contributed by atoms with Crippen LogP contribution in [0.2, 0.25) is 0 Å². The third-order valence-electron chi connectivity index (χ3n) is 3.44. The van der Waals surface area contributed by atoms with Crippen molar-refractivity contribution >= 4 is 28.6 Å². The second-order valence-corrected chi connectivity index (χ2v) is 6.06. The van der Waals surface area contributed by atoms with Crippen LogP contribution >= 0.6 is 11.8 Å². The van der Waals surface area contributed by atoms with Gasteiger partial charge in [-0.2, -0.15) is 5.10 Å². The third kappa shape index (κ3) is 3.37. The molecule has 0 bridgehead atoms. The molecule has 2 aromatic heterocycles. The van der Waals surface area contributed by atoms with Crippen LogP contribution in [-0.2, 0) is 4.79 Å². The number of nitrogens with zero attached hydrogens (tertiary/aromatic N) is 2. The normalized spacial score (nSPS) is 12.5. The Morgan fingerprint density at radius 2 is 2.35 bits per heavy atom. The summed E-state index contributed by atoms with van der Waals surface area (Å²) in [6, 6.07) is 4.07. The number of aromatic nitrogens is 3. The van der Waals surface area contributed by atoms with Gasteiger partial charge in [0.2, 0.25) is 5.91 Å². The Kier molecular flexibility index (Phi) is 4.33. The van der Waals surface area contributed by atoms with Gasteiger partial charge in [-0.05, 0) is 32.0 Å². The first-order valence-corrected chi connectivity index (χ1v) is 7.99. The number of thioether (sulfide) groups is 1. The highest BCUT2D eigenvalue weighted by Gasteiger charge is 2.19. The SMILES string of the molecule is Cc1c([C@H](C)NC(=O)CSc2ncn[nH]2)oc2ccc(F)cc12. The number of amides is 1. The number of carbonyl (C=O) groups is 1. The molecule has 120 valence electrons. The Labute approximate surface area is 135 Å². The largest absolute Gasteiger partial charge is 0.459 e. The number of fused-ring (bicyclic) bond motifs is 1. The second kappa shape index (κ2) is 6.41. The van der Waals surface area contributed by atoms with Gasteiger partial charge in [0, 0.05) is 10.9 Å². The number of aromatic amines is 1. The topological polar surface area (TPSA) is 83.8 Å². The lowest BCUT2D eigenvalue weighted by Crippen LogP contribution is -2.28. The van der Waals surface area contributed by atoms with Crippen molar-refractivity contribution in [2.45, 2.75) is 25.0 Å². The van der Waals surface area contributed by atoms with Crippen LogP contribution in [0.25, 0.3) is 11.0 Å². The fourth-order valence-electron chi connectivity index (χ4n) is 2.37. The highest BCUT2D eigenvalue weighted by atomic mass is 32.2. The van der Waals surface area contributed by atoms with Crippen molar-refractivity contribution in [3.63, 3.8) is 0 Å². The monoisotopic (exact) mass is 334 g/mol. The molecule has 3 aromatic rings. The van der Waals surface area contributed by atoms with Crippen molar-refractivity contribution in [2.24, 2.45) is 0 Å². The fraction of sp³-hybridized carbons (Fsp3) is 0.267. The van der Waals surface area contributed by atoms with Crippen LogP contribution in [-0.4, -0.2) is 26.8 Å². The molecule has 0 aliphatic carbocycles. The van der Waals surface area contributed by atoms with Gasteiger partial charge >= 0.3 is 0 Å². The van der Waals surface area contributed by atoms with Crippen molar-refractivity contribution in [3.05, 3.63) is 41.7 Å². The molecule has 1 aromatic carbocycles. The van der Waals surface area contributed by atoms with E-state index < -0.39 is 0 Å². The molecule has 2 N–H and O–H groups in total. The van der Waals surface area contributed by atoms with Gasteiger partial charge < -0.3 is 9.73 Å². The minimum Gasteiger partial charge on any atom is -0.459 e. The van der Waals surface area contributed by atoms with Gasteiger partial charge in [-0.3, -0.25) is 9.89 Å². The standard InChI is InChI=1S/C15H15FN4O2S/c1-8-11-5-10(16)3-4-12(11)22-14(8)9(2)19-13(21)6-23-15-17-7-18-20-15/h3-5,7,9H,6H2,1-2H3,(H,19,21)(H,17,18,20)/t9-/m0/s1. The molecule has 0 saturated heterocycles. The number of benzene rings is 1. The molecular formula is C15H15FN4O2S. The first kappa shape index (κ1) is 15.5. The van der Waals surface area contributed by atoms with E-state index in [1.165, 1.54) is 30.2 Å². The summed E-state index contributed by atoms with van der Waals surface area (Å²) in [4.78, 5) is 15.9. The molecule has 8 heteroatoms. The molecule has 0 saturated carbocycles. The molecule has 1 amide bonds. The zero-order chi connectivity index (χ0) is 16.4. The molecule has 2 heterocycles. The minimum atomic E-state index is -0.312. The lowest BCUT2D eigenvalue weighted by molar-refractivity contribution is -0.119. The van der Waals surface area contributed by atoms with Crippen LogP contribution in [0, 0.1) is 12.7 Å². The molecule has 0 spiro atoms. The van der Waals surface area contributed by atoms with Crippen molar-refractivity contribution in [1.29, 1.82) is 0 Å². The number of hydrogen-bond donors (Lipinski definition) is 2. The van der Waals surface area contributed by atoms with Crippen molar-refractivity contribution < 1.29 is 13.6 Å². The number of H-pyrrole nitrogens is 1. The summed E-state index contributed by atoms with van der Waals surface area (Å²) in [7, 11) is 0. The summed E-state index contributed by atoms with van der Waals surface area (Å²) in [5, 5.41) is 10.6. The minimum absolute atomic E-state index is 0.148. The van der Waals surface area contributed by atoms with Gasteiger partial charge in [0.05, 0.1) is 11.8 Å². The zero-order valence-electron chi connectivity index (χ0n) is 12.6. The number of aryl methyl sites for hydroxylation is 1. The van der Waals surface area contributed by atoms with E-state index in [0.717, 1.165) is 10.9 Å². The summed E-state index contributed by atoms with van der Waals surface area (Å²) >= 11 is 1.26. The van der Waals surface area contributed by atoms with Gasteiger partial charge in [0.15, 0.2) is 5.16 Å². The summed E-state index contributed by atoms with van der Waals surface area (Å²) in [5.74, 6) is 0.384. The van der Waals surface area contributed by atoms with E-state index in [4.69, 9.17) is 4.42 Å². The van der Waals surface area contributed by atoms with Gasteiger partial charge in [-0.15, -0.1) is 0 Å². The van der Waals surface area contributed by atoms with Gasteiger partial charge in [-0.1, -0.05) is 11.8 Å². The molecule has 0 aliphatic rings. The maximum Gasteiger partial charge on any atom is 0.231 e. The Bertz CT molecular complexity index is 831. The number of hydrogen-bond acceptors (Lipinski definition) is 5. The number of halogens is 1. The van der Waals surface area contributed by atoms with Crippen molar-refractivity contribution in [3.8, 4) is 0 Å². The van der Waals surface area contributed by atoms with Crippen LogP contribution in [0.4, 0.5) is 4.39 Å². The molecule has 0 radical (unpaired) electrons. The summed E-state index contributed by atoms with van der Waals surface area (Å²) in [6.07, 6.45) is 1.39. The maximum atomic E-state index is 13.3. The molecule has 6 nitrogen and oxygen atoms in total. The highest BCUT2D eigenvalue weighted by Crippen LogP contribution is 2.30. The van der Waals surface area contributed by atoms with Gasteiger partial charge in [0.1, 0.15) is 23.5 Å². The van der Waals surface area contributed by atoms with Crippen LogP contribution in [0.5, 0.6) is 0 Å². The van der Waals surface area contributed by atoms with E-state index in [1.54, 1.807) is 6.07 Å². The average Bonchev–Trinajstić information content (AvgIpc) is 3.14. The summed E-state index contributed by atoms with van der Waals surface area (Å²) < 4.78 is 19.1.